The maximum absolute atomic E-state index is 13.3. The van der Waals surface area contributed by atoms with Gasteiger partial charge in [0, 0.05) is 17.4 Å². The molecule has 0 aliphatic carbocycles. The highest BCUT2D eigenvalue weighted by Crippen LogP contribution is 2.19. The molecule has 1 aromatic heterocycles. The van der Waals surface area contributed by atoms with Crippen LogP contribution in [0, 0.1) is 0 Å². The molecule has 0 atom stereocenters. The highest BCUT2D eigenvalue weighted by molar-refractivity contribution is 6.70. The molecule has 0 bridgehead atoms. The Kier molecular flexibility index (Phi) is 5.15. The first-order chi connectivity index (χ1) is 15.3. The van der Waals surface area contributed by atoms with Crippen molar-refractivity contribution in [3.8, 4) is 0 Å². The number of H-pyrrole nitrogens is 1. The molecule has 5 heteroatoms. The molecule has 1 N–H and O–H groups in total. The number of nitrogens with one attached hydrogen (secondary N) is 1. The van der Waals surface area contributed by atoms with Crippen LogP contribution in [-0.4, -0.2) is 33.9 Å². The van der Waals surface area contributed by atoms with E-state index < -0.39 is 0 Å². The summed E-state index contributed by atoms with van der Waals surface area (Å²) in [5, 5.41) is 1.08. The highest BCUT2D eigenvalue weighted by Gasteiger charge is 2.30. The molecule has 0 fully saturated rings. The first-order valence-corrected chi connectivity index (χ1v) is 10.3. The molecule has 31 heavy (non-hydrogen) atoms. The Morgan fingerprint density at radius 1 is 0.903 bits per heavy atom. The zero-order chi connectivity index (χ0) is 21.0. The van der Waals surface area contributed by atoms with Crippen LogP contribution >= 0.6 is 0 Å². The van der Waals surface area contributed by atoms with Crippen LogP contribution in [0.15, 0.2) is 101 Å². The number of hydrogen-bond acceptors (Lipinski definition) is 3. The summed E-state index contributed by atoms with van der Waals surface area (Å²) in [6.07, 6.45) is 0. The predicted octanol–water partition coefficient (Wildman–Crippen LogP) is 4.60. The van der Waals surface area contributed by atoms with Crippen LogP contribution < -0.4 is 0 Å². The van der Waals surface area contributed by atoms with Gasteiger partial charge in [-0.1, -0.05) is 78.9 Å². The average molecular weight is 406 g/mol. The Bertz CT molecular complexity index is 1240. The lowest BCUT2D eigenvalue weighted by Gasteiger charge is -2.15. The molecule has 0 saturated carbocycles. The molecule has 0 spiro atoms. The van der Waals surface area contributed by atoms with Gasteiger partial charge in [-0.05, 0) is 23.3 Å². The lowest BCUT2D eigenvalue weighted by atomic mass is 10.1. The second kappa shape index (κ2) is 8.40. The van der Waals surface area contributed by atoms with Gasteiger partial charge in [0.2, 0.25) is 0 Å². The highest BCUT2D eigenvalue weighted by atomic mass is 16.2. The summed E-state index contributed by atoms with van der Waals surface area (Å²) < 4.78 is 0. The van der Waals surface area contributed by atoms with Gasteiger partial charge >= 0.3 is 0 Å². The third-order valence-electron chi connectivity index (χ3n) is 5.38. The predicted molar refractivity (Wildman–Crippen MR) is 124 cm³/mol. The molecule has 0 unspecified atom stereocenters. The molecule has 0 saturated heterocycles. The molecular formula is C26H22N4O. The van der Waals surface area contributed by atoms with Crippen molar-refractivity contribution in [1.29, 1.82) is 0 Å². The van der Waals surface area contributed by atoms with Crippen molar-refractivity contribution >= 4 is 28.2 Å². The van der Waals surface area contributed by atoms with Gasteiger partial charge in [-0.3, -0.25) is 14.8 Å². The molecule has 0 radical (unpaired) electrons. The average Bonchev–Trinajstić information content (AvgIpc) is 3.40. The van der Waals surface area contributed by atoms with E-state index in [4.69, 9.17) is 4.99 Å². The maximum atomic E-state index is 13.3. The van der Waals surface area contributed by atoms with Gasteiger partial charge in [0.1, 0.15) is 12.4 Å². The van der Waals surface area contributed by atoms with Gasteiger partial charge in [0.15, 0.2) is 5.71 Å². The Labute approximate surface area is 180 Å². The van der Waals surface area contributed by atoms with Crippen molar-refractivity contribution in [3.63, 3.8) is 0 Å². The van der Waals surface area contributed by atoms with Gasteiger partial charge in [-0.2, -0.15) is 0 Å². The number of nitrogens with zero attached hydrogens (tertiary/aromatic N) is 3. The standard InChI is InChI=1S/C26H22N4O/c31-26-25(28-18-30(26)17-20-11-5-2-6-12-20)24(27-16-19-9-3-1-4-10-19)23-15-21-13-7-8-14-22(21)29-23/h1-15,29H,16-18H2. The number of carbonyl (C=O) groups is 1. The summed E-state index contributed by atoms with van der Waals surface area (Å²) in [5.41, 5.74) is 5.02. The van der Waals surface area contributed by atoms with Gasteiger partial charge in [0.25, 0.3) is 5.91 Å². The molecule has 5 rings (SSSR count). The Hall–Kier alpha value is -3.99. The zero-order valence-electron chi connectivity index (χ0n) is 17.0. The third-order valence-corrected chi connectivity index (χ3v) is 5.38. The first-order valence-electron chi connectivity index (χ1n) is 10.3. The number of rotatable bonds is 6. The van der Waals surface area contributed by atoms with Crippen molar-refractivity contribution in [2.75, 3.05) is 6.67 Å². The lowest BCUT2D eigenvalue weighted by Crippen LogP contribution is -2.33. The Balaban J connectivity index is 1.47. The fourth-order valence-electron chi connectivity index (χ4n) is 3.78. The van der Waals surface area contributed by atoms with Gasteiger partial charge in [-0.15, -0.1) is 0 Å². The number of carbonyl (C=O) groups excluding carboxylic acids is 1. The summed E-state index contributed by atoms with van der Waals surface area (Å²) in [4.78, 5) is 27.9. The van der Waals surface area contributed by atoms with Crippen LogP contribution in [-0.2, 0) is 17.9 Å². The zero-order valence-corrected chi connectivity index (χ0v) is 17.0. The smallest absolute Gasteiger partial charge is 0.276 e. The molecule has 2 heterocycles. The van der Waals surface area contributed by atoms with Crippen LogP contribution in [0.3, 0.4) is 0 Å². The normalized spacial score (nSPS) is 14.3. The quantitative estimate of drug-likeness (QED) is 0.468. The molecule has 5 nitrogen and oxygen atoms in total. The van der Waals surface area contributed by atoms with E-state index in [1.807, 2.05) is 91.0 Å². The van der Waals surface area contributed by atoms with E-state index in [9.17, 15) is 4.79 Å². The lowest BCUT2D eigenvalue weighted by molar-refractivity contribution is -0.123. The van der Waals surface area contributed by atoms with Crippen molar-refractivity contribution in [2.45, 2.75) is 13.1 Å². The second-order valence-electron chi connectivity index (χ2n) is 7.56. The van der Waals surface area contributed by atoms with Gasteiger partial charge in [0.05, 0.1) is 12.2 Å². The van der Waals surface area contributed by atoms with Crippen molar-refractivity contribution < 1.29 is 4.79 Å². The summed E-state index contributed by atoms with van der Waals surface area (Å²) in [6.45, 7) is 1.36. The molecule has 1 aliphatic heterocycles. The number of aromatic amines is 1. The van der Waals surface area contributed by atoms with E-state index in [1.54, 1.807) is 4.90 Å². The number of para-hydroxylation sites is 1. The van der Waals surface area contributed by atoms with E-state index in [2.05, 4.69) is 9.98 Å². The van der Waals surface area contributed by atoms with E-state index in [-0.39, 0.29) is 5.91 Å². The van der Waals surface area contributed by atoms with Crippen LogP contribution in [0.4, 0.5) is 0 Å². The fourth-order valence-corrected chi connectivity index (χ4v) is 3.78. The van der Waals surface area contributed by atoms with E-state index in [1.165, 1.54) is 0 Å². The van der Waals surface area contributed by atoms with Crippen molar-refractivity contribution in [1.82, 2.24) is 9.88 Å². The van der Waals surface area contributed by atoms with Crippen molar-refractivity contribution in [2.24, 2.45) is 9.98 Å². The topological polar surface area (TPSA) is 60.8 Å². The number of benzene rings is 3. The first kappa shape index (κ1) is 19.0. The second-order valence-corrected chi connectivity index (χ2v) is 7.56. The SMILES string of the molecule is O=C1C(C(=NCc2ccccc2)c2cc3ccccc3[nH]2)=NCN1Cc1ccccc1. The largest absolute Gasteiger partial charge is 0.353 e. The Morgan fingerprint density at radius 3 is 2.32 bits per heavy atom. The molecule has 1 aliphatic rings. The van der Waals surface area contributed by atoms with Crippen LogP contribution in [0.2, 0.25) is 0 Å². The number of aliphatic imine (C=N–C) groups is 2. The Morgan fingerprint density at radius 2 is 1.58 bits per heavy atom. The van der Waals surface area contributed by atoms with Crippen LogP contribution in [0.25, 0.3) is 10.9 Å². The molecule has 4 aromatic rings. The van der Waals surface area contributed by atoms with Gasteiger partial charge in [-0.25, -0.2) is 0 Å². The number of aromatic nitrogens is 1. The van der Waals surface area contributed by atoms with Crippen LogP contribution in [0.1, 0.15) is 16.8 Å². The number of hydrogen-bond donors (Lipinski definition) is 1. The molecule has 3 aromatic carbocycles. The molecular weight excluding hydrogens is 384 g/mol. The van der Waals surface area contributed by atoms with E-state index in [0.29, 0.717) is 31.2 Å². The van der Waals surface area contributed by atoms with E-state index in [0.717, 1.165) is 27.7 Å². The van der Waals surface area contributed by atoms with Gasteiger partial charge < -0.3 is 9.88 Å². The molecule has 1 amide bonds. The van der Waals surface area contributed by atoms with Crippen molar-refractivity contribution in [3.05, 3.63) is 108 Å². The number of fused-ring (bicyclic) bond motifs is 1. The van der Waals surface area contributed by atoms with E-state index >= 15 is 0 Å². The maximum Gasteiger partial charge on any atom is 0.276 e. The van der Waals surface area contributed by atoms with Crippen LogP contribution in [0.5, 0.6) is 0 Å². The summed E-state index contributed by atoms with van der Waals surface area (Å²) in [7, 11) is 0. The monoisotopic (exact) mass is 406 g/mol. The number of amides is 1. The summed E-state index contributed by atoms with van der Waals surface area (Å²) in [5.74, 6) is -0.0886. The summed E-state index contributed by atoms with van der Waals surface area (Å²) in [6, 6.07) is 30.1. The minimum absolute atomic E-state index is 0.0886. The minimum atomic E-state index is -0.0886. The summed E-state index contributed by atoms with van der Waals surface area (Å²) >= 11 is 0. The minimum Gasteiger partial charge on any atom is -0.353 e. The third kappa shape index (κ3) is 4.03. The molecule has 152 valence electrons. The fraction of sp³-hybridized carbons (Fsp3) is 0.115.